The SMILES string of the molecule is CCCC1=CCc2c1nc(N)[nH]c2=O. The maximum Gasteiger partial charge on any atom is 0.256 e. The van der Waals surface area contributed by atoms with Crippen LogP contribution < -0.4 is 11.3 Å². The lowest BCUT2D eigenvalue weighted by Gasteiger charge is -2.03. The Hall–Kier alpha value is -1.58. The molecule has 1 aliphatic carbocycles. The van der Waals surface area contributed by atoms with Crippen LogP contribution in [0, 0.1) is 0 Å². The predicted molar refractivity (Wildman–Crippen MR) is 55.9 cm³/mol. The van der Waals surface area contributed by atoms with Crippen LogP contribution in [-0.2, 0) is 6.42 Å². The zero-order valence-electron chi connectivity index (χ0n) is 8.13. The van der Waals surface area contributed by atoms with Gasteiger partial charge in [0.25, 0.3) is 5.56 Å². The minimum absolute atomic E-state index is 0.102. The number of nitrogens with one attached hydrogen (secondary N) is 1. The third kappa shape index (κ3) is 1.32. The van der Waals surface area contributed by atoms with Crippen LogP contribution in [-0.4, -0.2) is 9.97 Å². The highest BCUT2D eigenvalue weighted by atomic mass is 16.1. The molecule has 14 heavy (non-hydrogen) atoms. The molecule has 4 nitrogen and oxygen atoms in total. The molecule has 0 atom stereocenters. The van der Waals surface area contributed by atoms with E-state index in [9.17, 15) is 4.79 Å². The molecule has 2 rings (SSSR count). The number of aromatic amines is 1. The van der Waals surface area contributed by atoms with Crippen molar-refractivity contribution in [2.45, 2.75) is 26.2 Å². The van der Waals surface area contributed by atoms with Crippen molar-refractivity contribution in [3.63, 3.8) is 0 Å². The van der Waals surface area contributed by atoms with Crippen LogP contribution >= 0.6 is 0 Å². The molecule has 0 saturated carbocycles. The van der Waals surface area contributed by atoms with Crippen molar-refractivity contribution in [2.75, 3.05) is 5.73 Å². The summed E-state index contributed by atoms with van der Waals surface area (Å²) in [5.41, 5.74) is 8.10. The predicted octanol–water partition coefficient (Wildman–Crippen LogP) is 1.09. The number of nitrogens with two attached hydrogens (primary N) is 1. The number of anilines is 1. The van der Waals surface area contributed by atoms with E-state index in [4.69, 9.17) is 5.73 Å². The number of allylic oxidation sites excluding steroid dienone is 2. The normalized spacial score (nSPS) is 13.9. The first-order valence-corrected chi connectivity index (χ1v) is 4.80. The summed E-state index contributed by atoms with van der Waals surface area (Å²) < 4.78 is 0. The fraction of sp³-hybridized carbons (Fsp3) is 0.400. The van der Waals surface area contributed by atoms with Gasteiger partial charge in [-0.2, -0.15) is 0 Å². The van der Waals surface area contributed by atoms with Crippen LogP contribution in [0.5, 0.6) is 0 Å². The van der Waals surface area contributed by atoms with E-state index in [-0.39, 0.29) is 11.5 Å². The minimum atomic E-state index is -0.102. The number of nitrogen functional groups attached to an aromatic ring is 1. The van der Waals surface area contributed by atoms with Gasteiger partial charge in [0.2, 0.25) is 5.95 Å². The molecule has 74 valence electrons. The summed E-state index contributed by atoms with van der Waals surface area (Å²) in [4.78, 5) is 18.2. The van der Waals surface area contributed by atoms with E-state index in [1.54, 1.807) is 0 Å². The fourth-order valence-electron chi connectivity index (χ4n) is 1.78. The first kappa shape index (κ1) is 8.99. The van der Waals surface area contributed by atoms with Gasteiger partial charge in [-0.3, -0.25) is 9.78 Å². The molecule has 1 aromatic heterocycles. The van der Waals surface area contributed by atoms with Crippen molar-refractivity contribution in [3.05, 3.63) is 27.7 Å². The number of aromatic nitrogens is 2. The van der Waals surface area contributed by atoms with Gasteiger partial charge in [0.05, 0.1) is 5.69 Å². The molecule has 0 unspecified atom stereocenters. The Morgan fingerprint density at radius 3 is 3.14 bits per heavy atom. The third-order valence-corrected chi connectivity index (χ3v) is 2.41. The Morgan fingerprint density at radius 2 is 2.43 bits per heavy atom. The van der Waals surface area contributed by atoms with E-state index in [0.717, 1.165) is 29.7 Å². The summed E-state index contributed by atoms with van der Waals surface area (Å²) >= 11 is 0. The monoisotopic (exact) mass is 191 g/mol. The Balaban J connectivity index is 2.50. The van der Waals surface area contributed by atoms with Crippen molar-refractivity contribution < 1.29 is 0 Å². The van der Waals surface area contributed by atoms with Gasteiger partial charge < -0.3 is 5.73 Å². The summed E-state index contributed by atoms with van der Waals surface area (Å²) in [6.45, 7) is 2.11. The number of hydrogen-bond donors (Lipinski definition) is 2. The number of nitrogens with zero attached hydrogens (tertiary/aromatic N) is 1. The Morgan fingerprint density at radius 1 is 1.64 bits per heavy atom. The third-order valence-electron chi connectivity index (χ3n) is 2.41. The minimum Gasteiger partial charge on any atom is -0.369 e. The second-order valence-corrected chi connectivity index (χ2v) is 3.46. The smallest absolute Gasteiger partial charge is 0.256 e. The molecular formula is C10H13N3O. The first-order valence-electron chi connectivity index (χ1n) is 4.80. The van der Waals surface area contributed by atoms with E-state index in [1.165, 1.54) is 0 Å². The van der Waals surface area contributed by atoms with Crippen molar-refractivity contribution >= 4 is 11.5 Å². The Kier molecular flexibility index (Phi) is 2.11. The van der Waals surface area contributed by atoms with E-state index in [2.05, 4.69) is 23.0 Å². The van der Waals surface area contributed by atoms with E-state index >= 15 is 0 Å². The van der Waals surface area contributed by atoms with Gasteiger partial charge in [0, 0.05) is 5.56 Å². The van der Waals surface area contributed by atoms with Crippen LogP contribution in [0.1, 0.15) is 31.0 Å². The maximum absolute atomic E-state index is 11.5. The standard InChI is InChI=1S/C10H13N3O/c1-2-3-6-4-5-7-8(6)12-10(11)13-9(7)14/h4H,2-3,5H2,1H3,(H3,11,12,13,14). The van der Waals surface area contributed by atoms with Crippen LogP contribution in [0.3, 0.4) is 0 Å². The second kappa shape index (κ2) is 3.29. The highest BCUT2D eigenvalue weighted by Crippen LogP contribution is 2.26. The first-order chi connectivity index (χ1) is 6.72. The Labute approximate surface area is 81.9 Å². The largest absolute Gasteiger partial charge is 0.369 e. The number of rotatable bonds is 2. The van der Waals surface area contributed by atoms with Crippen molar-refractivity contribution in [1.82, 2.24) is 9.97 Å². The van der Waals surface area contributed by atoms with E-state index in [0.29, 0.717) is 6.42 Å². The van der Waals surface area contributed by atoms with Gasteiger partial charge in [-0.25, -0.2) is 4.98 Å². The second-order valence-electron chi connectivity index (χ2n) is 3.46. The molecule has 1 aliphatic rings. The zero-order valence-corrected chi connectivity index (χ0v) is 8.13. The summed E-state index contributed by atoms with van der Waals surface area (Å²) in [6.07, 6.45) is 4.77. The van der Waals surface area contributed by atoms with Gasteiger partial charge in [-0.1, -0.05) is 19.4 Å². The average molecular weight is 191 g/mol. The maximum atomic E-state index is 11.5. The van der Waals surface area contributed by atoms with Gasteiger partial charge in [0.15, 0.2) is 0 Å². The molecule has 0 aromatic carbocycles. The van der Waals surface area contributed by atoms with Crippen LogP contribution in [0.15, 0.2) is 10.9 Å². The highest BCUT2D eigenvalue weighted by Gasteiger charge is 2.18. The van der Waals surface area contributed by atoms with Crippen molar-refractivity contribution in [2.24, 2.45) is 0 Å². The summed E-state index contributed by atoms with van der Waals surface area (Å²) in [7, 11) is 0. The molecule has 4 heteroatoms. The van der Waals surface area contributed by atoms with Gasteiger partial charge >= 0.3 is 0 Å². The summed E-state index contributed by atoms with van der Waals surface area (Å²) in [5.74, 6) is 0.206. The van der Waals surface area contributed by atoms with Crippen LogP contribution in [0.4, 0.5) is 5.95 Å². The molecule has 3 N–H and O–H groups in total. The van der Waals surface area contributed by atoms with E-state index in [1.807, 2.05) is 0 Å². The quantitative estimate of drug-likeness (QED) is 0.735. The summed E-state index contributed by atoms with van der Waals surface area (Å²) in [5, 5.41) is 0. The molecule has 0 radical (unpaired) electrons. The van der Waals surface area contributed by atoms with Crippen molar-refractivity contribution in [1.29, 1.82) is 0 Å². The highest BCUT2D eigenvalue weighted by molar-refractivity contribution is 5.70. The number of fused-ring (bicyclic) bond motifs is 1. The number of hydrogen-bond acceptors (Lipinski definition) is 3. The van der Waals surface area contributed by atoms with Gasteiger partial charge in [-0.15, -0.1) is 0 Å². The number of H-pyrrole nitrogens is 1. The fourth-order valence-corrected chi connectivity index (χ4v) is 1.78. The van der Waals surface area contributed by atoms with Crippen LogP contribution in [0.2, 0.25) is 0 Å². The lowest BCUT2D eigenvalue weighted by atomic mass is 10.1. The zero-order chi connectivity index (χ0) is 10.1. The van der Waals surface area contributed by atoms with E-state index < -0.39 is 0 Å². The molecule has 0 aliphatic heterocycles. The Bertz CT molecular complexity index is 445. The molecular weight excluding hydrogens is 178 g/mol. The average Bonchev–Trinajstić information content (AvgIpc) is 2.49. The molecule has 0 amide bonds. The topological polar surface area (TPSA) is 71.8 Å². The molecule has 0 spiro atoms. The van der Waals surface area contributed by atoms with Crippen LogP contribution in [0.25, 0.3) is 5.57 Å². The van der Waals surface area contributed by atoms with Gasteiger partial charge in [0.1, 0.15) is 0 Å². The molecule has 1 aromatic rings. The lowest BCUT2D eigenvalue weighted by Crippen LogP contribution is -2.16. The lowest BCUT2D eigenvalue weighted by molar-refractivity contribution is 0.963. The van der Waals surface area contributed by atoms with Crippen molar-refractivity contribution in [3.8, 4) is 0 Å². The van der Waals surface area contributed by atoms with Gasteiger partial charge in [-0.05, 0) is 18.4 Å². The molecule has 0 fully saturated rings. The summed E-state index contributed by atoms with van der Waals surface area (Å²) in [6, 6.07) is 0. The molecule has 1 heterocycles. The molecule has 0 saturated heterocycles. The molecule has 0 bridgehead atoms.